The minimum atomic E-state index is -0.386. The van der Waals surface area contributed by atoms with Gasteiger partial charge in [0, 0.05) is 25.0 Å². The normalized spacial score (nSPS) is 16.4. The number of hydrogen-bond donors (Lipinski definition) is 1. The molecule has 4 aromatic rings. The maximum absolute atomic E-state index is 13.4. The van der Waals surface area contributed by atoms with E-state index >= 15 is 0 Å². The minimum Gasteiger partial charge on any atom is -0.472 e. The van der Waals surface area contributed by atoms with Crippen LogP contribution in [0.4, 0.5) is 14.9 Å². The predicted molar refractivity (Wildman–Crippen MR) is 106 cm³/mol. The maximum Gasteiger partial charge on any atom is 0.321 e. The number of carbonyl (C=O) groups excluding carboxylic acids is 1. The van der Waals surface area contributed by atoms with Crippen molar-refractivity contribution < 1.29 is 13.6 Å². The molecule has 0 radical (unpaired) electrons. The van der Waals surface area contributed by atoms with Gasteiger partial charge in [-0.15, -0.1) is 0 Å². The minimum absolute atomic E-state index is 0.0260. The van der Waals surface area contributed by atoms with Crippen molar-refractivity contribution in [1.82, 2.24) is 19.4 Å². The van der Waals surface area contributed by atoms with Crippen LogP contribution in [0.1, 0.15) is 12.5 Å². The van der Waals surface area contributed by atoms with Gasteiger partial charge < -0.3 is 19.2 Å². The fourth-order valence-corrected chi connectivity index (χ4v) is 3.78. The van der Waals surface area contributed by atoms with Crippen molar-refractivity contribution >= 4 is 22.9 Å². The number of carbonyl (C=O) groups is 1. The average molecular weight is 391 g/mol. The molecule has 29 heavy (non-hydrogen) atoms. The summed E-state index contributed by atoms with van der Waals surface area (Å²) in [6.45, 7) is 1.09. The molecule has 1 aromatic carbocycles. The Balaban J connectivity index is 1.42. The Hall–Kier alpha value is -3.68. The molecule has 4 heterocycles. The molecule has 0 spiro atoms. The van der Waals surface area contributed by atoms with Gasteiger partial charge in [-0.25, -0.2) is 19.2 Å². The maximum atomic E-state index is 13.4. The number of furan rings is 1. The van der Waals surface area contributed by atoms with Gasteiger partial charge in [-0.3, -0.25) is 0 Å². The number of nitrogens with zero attached hydrogens (tertiary/aromatic N) is 4. The van der Waals surface area contributed by atoms with Crippen molar-refractivity contribution in [3.63, 3.8) is 0 Å². The third kappa shape index (κ3) is 3.22. The van der Waals surface area contributed by atoms with Crippen molar-refractivity contribution in [3.05, 3.63) is 67.0 Å². The van der Waals surface area contributed by atoms with E-state index in [1.165, 1.54) is 12.1 Å². The number of imidazole rings is 1. The summed E-state index contributed by atoms with van der Waals surface area (Å²) in [5.41, 5.74) is 2.88. The van der Waals surface area contributed by atoms with E-state index in [0.29, 0.717) is 18.8 Å². The van der Waals surface area contributed by atoms with Gasteiger partial charge in [-0.05, 0) is 42.8 Å². The molecular formula is C21H18FN5O2. The van der Waals surface area contributed by atoms with E-state index in [2.05, 4.69) is 14.9 Å². The van der Waals surface area contributed by atoms with Gasteiger partial charge in [0.1, 0.15) is 23.4 Å². The van der Waals surface area contributed by atoms with Crippen LogP contribution < -0.4 is 5.32 Å². The lowest BCUT2D eigenvalue weighted by Crippen LogP contribution is -2.33. The average Bonchev–Trinajstić information content (AvgIpc) is 3.46. The number of likely N-dealkylation sites (tertiary alicyclic amines) is 1. The lowest BCUT2D eigenvalue weighted by molar-refractivity contribution is 0.221. The first-order valence-electron chi connectivity index (χ1n) is 9.36. The number of nitrogens with one attached hydrogen (secondary N) is 1. The quantitative estimate of drug-likeness (QED) is 0.565. The van der Waals surface area contributed by atoms with Crippen molar-refractivity contribution in [2.24, 2.45) is 0 Å². The number of amides is 2. The SMILES string of the molecule is O=C(Nc1cccc(F)c1)N1CCC(n2c(-c3ccoc3)nc3cccnc32)C1. The van der Waals surface area contributed by atoms with Crippen LogP contribution in [0.5, 0.6) is 0 Å². The lowest BCUT2D eigenvalue weighted by Gasteiger charge is -2.19. The van der Waals surface area contributed by atoms with Crippen LogP contribution in [-0.4, -0.2) is 38.6 Å². The Morgan fingerprint density at radius 1 is 1.24 bits per heavy atom. The standard InChI is InChI=1S/C21H18FN5O2/c22-15-3-1-4-16(11-15)24-21(28)26-9-6-17(12-26)27-19(14-7-10-29-13-14)25-18-5-2-8-23-20(18)27/h1-5,7-8,10-11,13,17H,6,9,12H2,(H,24,28). The van der Waals surface area contributed by atoms with Crippen LogP contribution in [0, 0.1) is 5.82 Å². The third-order valence-corrected chi connectivity index (χ3v) is 5.12. The third-order valence-electron chi connectivity index (χ3n) is 5.12. The highest BCUT2D eigenvalue weighted by atomic mass is 19.1. The second-order valence-electron chi connectivity index (χ2n) is 6.99. The summed E-state index contributed by atoms with van der Waals surface area (Å²) >= 11 is 0. The number of anilines is 1. The Morgan fingerprint density at radius 2 is 2.17 bits per heavy atom. The summed E-state index contributed by atoms with van der Waals surface area (Å²) in [4.78, 5) is 23.6. The predicted octanol–water partition coefficient (Wildman–Crippen LogP) is 4.31. The molecule has 7 nitrogen and oxygen atoms in total. The molecule has 1 unspecified atom stereocenters. The number of aromatic nitrogens is 3. The summed E-state index contributed by atoms with van der Waals surface area (Å²) in [6, 6.07) is 11.3. The molecule has 5 rings (SSSR count). The molecule has 1 atom stereocenters. The Labute approximate surface area is 165 Å². The van der Waals surface area contributed by atoms with E-state index in [1.807, 2.05) is 18.2 Å². The zero-order valence-corrected chi connectivity index (χ0v) is 15.5. The number of fused-ring (bicyclic) bond motifs is 1. The number of benzene rings is 1. The molecule has 0 aliphatic carbocycles. The van der Waals surface area contributed by atoms with E-state index in [9.17, 15) is 9.18 Å². The fourth-order valence-electron chi connectivity index (χ4n) is 3.78. The summed E-state index contributed by atoms with van der Waals surface area (Å²) in [6.07, 6.45) is 5.77. The van der Waals surface area contributed by atoms with E-state index in [4.69, 9.17) is 9.40 Å². The summed E-state index contributed by atoms with van der Waals surface area (Å²) in [7, 11) is 0. The highest BCUT2D eigenvalue weighted by molar-refractivity contribution is 5.89. The Bertz CT molecular complexity index is 1170. The monoisotopic (exact) mass is 391 g/mol. The number of urea groups is 1. The van der Waals surface area contributed by atoms with Crippen molar-refractivity contribution in [2.75, 3.05) is 18.4 Å². The summed E-state index contributed by atoms with van der Waals surface area (Å²) in [5.74, 6) is 0.382. The molecule has 1 aliphatic rings. The van der Waals surface area contributed by atoms with Gasteiger partial charge in [0.15, 0.2) is 5.65 Å². The number of halogens is 1. The summed E-state index contributed by atoms with van der Waals surface area (Å²) < 4.78 is 20.7. The first-order valence-corrected chi connectivity index (χ1v) is 9.36. The van der Waals surface area contributed by atoms with Crippen molar-refractivity contribution in [2.45, 2.75) is 12.5 Å². The zero-order chi connectivity index (χ0) is 19.8. The van der Waals surface area contributed by atoms with Gasteiger partial charge in [-0.2, -0.15) is 0 Å². The van der Waals surface area contributed by atoms with Crippen molar-refractivity contribution in [1.29, 1.82) is 0 Å². The molecule has 0 bridgehead atoms. The highest BCUT2D eigenvalue weighted by Crippen LogP contribution is 2.32. The van der Waals surface area contributed by atoms with Crippen LogP contribution in [-0.2, 0) is 0 Å². The molecule has 2 amide bonds. The van der Waals surface area contributed by atoms with Crippen LogP contribution in [0.25, 0.3) is 22.6 Å². The highest BCUT2D eigenvalue weighted by Gasteiger charge is 2.31. The molecule has 1 N–H and O–H groups in total. The van der Waals surface area contributed by atoms with Gasteiger partial charge in [-0.1, -0.05) is 6.07 Å². The lowest BCUT2D eigenvalue weighted by atomic mass is 10.2. The molecule has 146 valence electrons. The van der Waals surface area contributed by atoms with Crippen LogP contribution in [0.3, 0.4) is 0 Å². The van der Waals surface area contributed by atoms with Crippen molar-refractivity contribution in [3.8, 4) is 11.4 Å². The molecular weight excluding hydrogens is 373 g/mol. The summed E-state index contributed by atoms with van der Waals surface area (Å²) in [5, 5.41) is 2.76. The Kier molecular flexibility index (Phi) is 4.23. The van der Waals surface area contributed by atoms with Gasteiger partial charge >= 0.3 is 6.03 Å². The molecule has 0 saturated carbocycles. The van der Waals surface area contributed by atoms with Crippen LogP contribution in [0.15, 0.2) is 65.6 Å². The van der Waals surface area contributed by atoms with Gasteiger partial charge in [0.2, 0.25) is 0 Å². The van der Waals surface area contributed by atoms with Gasteiger partial charge in [0.05, 0.1) is 17.9 Å². The smallest absolute Gasteiger partial charge is 0.321 e. The van der Waals surface area contributed by atoms with Crippen LogP contribution in [0.2, 0.25) is 0 Å². The molecule has 3 aromatic heterocycles. The Morgan fingerprint density at radius 3 is 3.00 bits per heavy atom. The first kappa shape index (κ1) is 17.4. The van der Waals surface area contributed by atoms with Gasteiger partial charge in [0.25, 0.3) is 0 Å². The molecule has 1 fully saturated rings. The number of rotatable bonds is 3. The largest absolute Gasteiger partial charge is 0.472 e. The second kappa shape index (κ2) is 7.05. The van der Waals surface area contributed by atoms with Crippen LogP contribution >= 0.6 is 0 Å². The molecule has 1 aliphatic heterocycles. The number of pyridine rings is 1. The zero-order valence-electron chi connectivity index (χ0n) is 15.5. The topological polar surface area (TPSA) is 76.2 Å². The fraction of sp³-hybridized carbons (Fsp3) is 0.190. The van der Waals surface area contributed by atoms with E-state index in [0.717, 1.165) is 29.0 Å². The first-order chi connectivity index (χ1) is 14.2. The molecule has 8 heteroatoms. The van der Waals surface area contributed by atoms with E-state index in [1.54, 1.807) is 35.8 Å². The molecule has 1 saturated heterocycles. The van der Waals surface area contributed by atoms with E-state index in [-0.39, 0.29) is 17.9 Å². The van der Waals surface area contributed by atoms with E-state index < -0.39 is 0 Å². The second-order valence-corrected chi connectivity index (χ2v) is 6.99. The number of hydrogen-bond acceptors (Lipinski definition) is 4.